The van der Waals surface area contributed by atoms with Gasteiger partial charge in [-0.05, 0) is 30.2 Å². The molecule has 1 saturated heterocycles. The fourth-order valence-electron chi connectivity index (χ4n) is 2.86. The highest BCUT2D eigenvalue weighted by molar-refractivity contribution is 6.03. The lowest BCUT2D eigenvalue weighted by Crippen LogP contribution is -2.52. The minimum Gasteiger partial charge on any atom is -0.489 e. The Bertz CT molecular complexity index is 820. The van der Waals surface area contributed by atoms with Gasteiger partial charge in [-0.2, -0.15) is 0 Å². The van der Waals surface area contributed by atoms with Crippen molar-refractivity contribution in [3.05, 3.63) is 65.7 Å². The predicted octanol–water partition coefficient (Wildman–Crippen LogP) is 2.14. The summed E-state index contributed by atoms with van der Waals surface area (Å²) >= 11 is 0. The first kappa shape index (κ1) is 17.7. The van der Waals surface area contributed by atoms with E-state index in [1.54, 1.807) is 31.3 Å². The summed E-state index contributed by atoms with van der Waals surface area (Å²) in [4.78, 5) is 37.3. The van der Waals surface area contributed by atoms with E-state index < -0.39 is 11.9 Å². The molecule has 0 aromatic heterocycles. The molecule has 1 aliphatic heterocycles. The minimum absolute atomic E-state index is 0.230. The molecule has 3 rings (SSSR count). The lowest BCUT2D eigenvalue weighted by molar-refractivity contribution is -0.136. The number of hydrogen-bond donors (Lipinski definition) is 1. The summed E-state index contributed by atoms with van der Waals surface area (Å²) in [7, 11) is 1.57. The van der Waals surface area contributed by atoms with Gasteiger partial charge in [-0.25, -0.2) is 0 Å². The van der Waals surface area contributed by atoms with E-state index >= 15 is 0 Å². The van der Waals surface area contributed by atoms with Crippen molar-refractivity contribution < 1.29 is 19.1 Å². The summed E-state index contributed by atoms with van der Waals surface area (Å²) in [5.74, 6) is -0.446. The number of likely N-dealkylation sites (N-methyl/N-ethyl adjacent to an activating group) is 1. The van der Waals surface area contributed by atoms with Gasteiger partial charge in [-0.3, -0.25) is 19.7 Å². The summed E-state index contributed by atoms with van der Waals surface area (Å²) < 4.78 is 5.75. The van der Waals surface area contributed by atoms with Gasteiger partial charge in [-0.1, -0.05) is 36.4 Å². The smallest absolute Gasteiger partial charge is 0.254 e. The van der Waals surface area contributed by atoms with Crippen LogP contribution in [0.25, 0.3) is 0 Å². The third-order valence-electron chi connectivity index (χ3n) is 4.33. The maximum atomic E-state index is 12.7. The molecular weight excluding hydrogens is 332 g/mol. The van der Waals surface area contributed by atoms with Crippen LogP contribution in [0.2, 0.25) is 0 Å². The zero-order valence-corrected chi connectivity index (χ0v) is 14.5. The van der Waals surface area contributed by atoms with Crippen LogP contribution in [0.15, 0.2) is 54.6 Å². The number of imide groups is 1. The van der Waals surface area contributed by atoms with E-state index in [0.717, 1.165) is 5.56 Å². The van der Waals surface area contributed by atoms with Crippen LogP contribution in [0.5, 0.6) is 5.75 Å². The molecule has 1 aliphatic rings. The quantitative estimate of drug-likeness (QED) is 0.837. The number of carbonyl (C=O) groups excluding carboxylic acids is 3. The van der Waals surface area contributed by atoms with Crippen LogP contribution in [0.3, 0.4) is 0 Å². The molecule has 2 aromatic rings. The lowest BCUT2D eigenvalue weighted by atomic mass is 10.0. The van der Waals surface area contributed by atoms with Crippen LogP contribution in [0, 0.1) is 0 Å². The molecule has 0 spiro atoms. The Morgan fingerprint density at radius 3 is 2.65 bits per heavy atom. The third kappa shape index (κ3) is 4.08. The van der Waals surface area contributed by atoms with Gasteiger partial charge >= 0.3 is 0 Å². The molecule has 0 radical (unpaired) electrons. The zero-order valence-electron chi connectivity index (χ0n) is 14.5. The summed E-state index contributed by atoms with van der Waals surface area (Å²) in [6.45, 7) is 0.404. The van der Waals surface area contributed by atoms with Crippen molar-refractivity contribution in [3.8, 4) is 5.75 Å². The minimum atomic E-state index is -0.644. The van der Waals surface area contributed by atoms with Gasteiger partial charge in [0, 0.05) is 19.0 Å². The van der Waals surface area contributed by atoms with Crippen LogP contribution < -0.4 is 10.1 Å². The number of piperidine rings is 1. The summed E-state index contributed by atoms with van der Waals surface area (Å²) in [6.07, 6.45) is 0.561. The Morgan fingerprint density at radius 1 is 1.15 bits per heavy atom. The van der Waals surface area contributed by atoms with Gasteiger partial charge in [0.25, 0.3) is 5.91 Å². The van der Waals surface area contributed by atoms with Crippen molar-refractivity contribution in [1.82, 2.24) is 10.2 Å². The molecule has 2 aromatic carbocycles. The molecule has 26 heavy (non-hydrogen) atoms. The number of carbonyl (C=O) groups is 3. The van der Waals surface area contributed by atoms with Crippen molar-refractivity contribution in [2.24, 2.45) is 0 Å². The van der Waals surface area contributed by atoms with Gasteiger partial charge in [0.2, 0.25) is 11.8 Å². The van der Waals surface area contributed by atoms with Gasteiger partial charge in [-0.15, -0.1) is 0 Å². The second-order valence-electron chi connectivity index (χ2n) is 6.19. The molecule has 1 atom stereocenters. The van der Waals surface area contributed by atoms with Crippen molar-refractivity contribution in [2.75, 3.05) is 7.05 Å². The van der Waals surface area contributed by atoms with Crippen LogP contribution in [-0.4, -0.2) is 35.7 Å². The Labute approximate surface area is 151 Å². The topological polar surface area (TPSA) is 75.7 Å². The van der Waals surface area contributed by atoms with Crippen LogP contribution in [0.1, 0.15) is 28.8 Å². The average Bonchev–Trinajstić information content (AvgIpc) is 2.66. The van der Waals surface area contributed by atoms with E-state index in [4.69, 9.17) is 4.74 Å². The summed E-state index contributed by atoms with van der Waals surface area (Å²) in [5.41, 5.74) is 1.47. The number of nitrogens with zero attached hydrogens (tertiary/aromatic N) is 1. The standard InChI is InChI=1S/C20H20N2O4/c1-22(17-10-11-18(23)21-19(17)24)20(25)15-8-5-9-16(12-15)26-13-14-6-3-2-4-7-14/h2-9,12,17H,10-11,13H2,1H3,(H,21,23,24). The van der Waals surface area contributed by atoms with Gasteiger partial charge in [0.05, 0.1) is 0 Å². The van der Waals surface area contributed by atoms with Crippen LogP contribution >= 0.6 is 0 Å². The molecule has 0 aliphatic carbocycles. The molecular formula is C20H20N2O4. The monoisotopic (exact) mass is 352 g/mol. The molecule has 6 heteroatoms. The van der Waals surface area contributed by atoms with Gasteiger partial charge in [0.1, 0.15) is 18.4 Å². The number of nitrogens with one attached hydrogen (secondary N) is 1. The first-order chi connectivity index (χ1) is 12.5. The predicted molar refractivity (Wildman–Crippen MR) is 95.5 cm³/mol. The maximum Gasteiger partial charge on any atom is 0.254 e. The van der Waals surface area contributed by atoms with E-state index in [1.807, 2.05) is 30.3 Å². The second-order valence-corrected chi connectivity index (χ2v) is 6.19. The number of ether oxygens (including phenoxy) is 1. The molecule has 0 bridgehead atoms. The van der Waals surface area contributed by atoms with E-state index in [-0.39, 0.29) is 18.2 Å². The molecule has 1 heterocycles. The molecule has 6 nitrogen and oxygen atoms in total. The van der Waals surface area contributed by atoms with Crippen molar-refractivity contribution in [1.29, 1.82) is 0 Å². The van der Waals surface area contributed by atoms with E-state index in [1.165, 1.54) is 4.90 Å². The highest BCUT2D eigenvalue weighted by atomic mass is 16.5. The normalized spacial score (nSPS) is 16.7. The van der Waals surface area contributed by atoms with E-state index in [2.05, 4.69) is 5.32 Å². The third-order valence-corrected chi connectivity index (χ3v) is 4.33. The van der Waals surface area contributed by atoms with Crippen molar-refractivity contribution in [3.63, 3.8) is 0 Å². The molecule has 1 fully saturated rings. The SMILES string of the molecule is CN(C(=O)c1cccc(OCc2ccccc2)c1)C1CCC(=O)NC1=O. The number of rotatable bonds is 5. The maximum absolute atomic E-state index is 12.7. The second kappa shape index (κ2) is 7.82. The number of hydrogen-bond acceptors (Lipinski definition) is 4. The number of amides is 3. The van der Waals surface area contributed by atoms with Gasteiger partial charge < -0.3 is 9.64 Å². The van der Waals surface area contributed by atoms with Crippen molar-refractivity contribution >= 4 is 17.7 Å². The van der Waals surface area contributed by atoms with Crippen LogP contribution in [-0.2, 0) is 16.2 Å². The average molecular weight is 352 g/mol. The van der Waals surface area contributed by atoms with Crippen LogP contribution in [0.4, 0.5) is 0 Å². The first-order valence-electron chi connectivity index (χ1n) is 8.42. The Hall–Kier alpha value is -3.15. The van der Waals surface area contributed by atoms with E-state index in [9.17, 15) is 14.4 Å². The Kier molecular flexibility index (Phi) is 5.31. The Balaban J connectivity index is 1.67. The number of benzene rings is 2. The zero-order chi connectivity index (χ0) is 18.5. The fourth-order valence-corrected chi connectivity index (χ4v) is 2.86. The highest BCUT2D eigenvalue weighted by Gasteiger charge is 2.32. The Morgan fingerprint density at radius 2 is 1.92 bits per heavy atom. The molecule has 0 saturated carbocycles. The largest absolute Gasteiger partial charge is 0.489 e. The van der Waals surface area contributed by atoms with Crippen molar-refractivity contribution in [2.45, 2.75) is 25.5 Å². The van der Waals surface area contributed by atoms with E-state index in [0.29, 0.717) is 24.3 Å². The molecule has 134 valence electrons. The first-order valence-corrected chi connectivity index (χ1v) is 8.42. The molecule has 1 N–H and O–H groups in total. The molecule has 3 amide bonds. The summed E-state index contributed by atoms with van der Waals surface area (Å²) in [5, 5.41) is 2.27. The fraction of sp³-hybridized carbons (Fsp3) is 0.250. The highest BCUT2D eigenvalue weighted by Crippen LogP contribution is 2.19. The molecule has 1 unspecified atom stereocenters. The lowest BCUT2D eigenvalue weighted by Gasteiger charge is -2.29. The summed E-state index contributed by atoms with van der Waals surface area (Å²) in [6, 6.07) is 16.0. The van der Waals surface area contributed by atoms with Gasteiger partial charge in [0.15, 0.2) is 0 Å².